The molecule has 0 radical (unpaired) electrons. The number of carbonyl (C=O) groups is 2. The third kappa shape index (κ3) is 5.97. The van der Waals surface area contributed by atoms with Crippen molar-refractivity contribution >= 4 is 23.5 Å². The van der Waals surface area contributed by atoms with E-state index < -0.39 is 17.8 Å². The summed E-state index contributed by atoms with van der Waals surface area (Å²) in [7, 11) is 1.64. The number of ether oxygens (including phenoxy) is 1. The fraction of sp³-hybridized carbons (Fsp3) is 0.417. The molecule has 7 rings (SSSR count). The summed E-state index contributed by atoms with van der Waals surface area (Å²) in [4.78, 5) is 52.6. The molecule has 2 amide bonds. The van der Waals surface area contributed by atoms with E-state index in [0.717, 1.165) is 12.8 Å². The molecule has 2 unspecified atom stereocenters. The molecular weight excluding hydrogens is 624 g/mol. The molecule has 2 N–H and O–H groups in total. The largest absolute Gasteiger partial charge is 0.415 e. The van der Waals surface area contributed by atoms with E-state index in [4.69, 9.17) is 4.74 Å². The van der Waals surface area contributed by atoms with Crippen molar-refractivity contribution in [3.8, 4) is 16.9 Å². The van der Waals surface area contributed by atoms with E-state index in [1.165, 1.54) is 25.8 Å². The van der Waals surface area contributed by atoms with Crippen LogP contribution in [0.25, 0.3) is 11.1 Å². The highest BCUT2D eigenvalue weighted by atomic mass is 16.6. The van der Waals surface area contributed by atoms with Crippen molar-refractivity contribution in [2.75, 3.05) is 31.2 Å². The molecule has 0 spiro atoms. The Morgan fingerprint density at radius 1 is 1.14 bits per heavy atom. The lowest BCUT2D eigenvalue weighted by Gasteiger charge is -2.39. The summed E-state index contributed by atoms with van der Waals surface area (Å²) in [6, 6.07) is 8.81. The van der Waals surface area contributed by atoms with Gasteiger partial charge >= 0.3 is 6.09 Å². The first-order valence-electron chi connectivity index (χ1n) is 16.7. The molecule has 0 saturated carbocycles. The molecule has 13 heteroatoms. The number of piperazine rings is 1. The maximum Gasteiger partial charge on any atom is 0.415 e. The number of aliphatic hydroxyl groups is 1. The SMILES string of the molecule is CC1CN(C(=O)Oc2cccnc2N(c2cc(-c3ccncc3C(C)O)cn(C)c2=O)N2CCn3c(cc4c3CC(C)(C)C4)C2=O)CCN1. The summed E-state index contributed by atoms with van der Waals surface area (Å²) in [5, 5.41) is 16.9. The second-order valence-corrected chi connectivity index (χ2v) is 14.1. The Morgan fingerprint density at radius 2 is 1.96 bits per heavy atom. The van der Waals surface area contributed by atoms with E-state index >= 15 is 0 Å². The van der Waals surface area contributed by atoms with Crippen molar-refractivity contribution in [2.24, 2.45) is 12.5 Å². The predicted molar refractivity (Wildman–Crippen MR) is 184 cm³/mol. The normalized spacial score (nSPS) is 19.0. The number of aromatic nitrogens is 4. The van der Waals surface area contributed by atoms with Crippen molar-refractivity contribution in [1.82, 2.24) is 34.3 Å². The Morgan fingerprint density at radius 3 is 2.73 bits per heavy atom. The van der Waals surface area contributed by atoms with Gasteiger partial charge in [-0.25, -0.2) is 19.8 Å². The average molecular weight is 667 g/mol. The van der Waals surface area contributed by atoms with Gasteiger partial charge in [-0.15, -0.1) is 0 Å². The molecule has 2 aliphatic heterocycles. The zero-order chi connectivity index (χ0) is 34.6. The van der Waals surface area contributed by atoms with Gasteiger partial charge in [0, 0.05) is 80.9 Å². The molecule has 3 aliphatic rings. The summed E-state index contributed by atoms with van der Waals surface area (Å²) in [6.07, 6.45) is 6.85. The Balaban J connectivity index is 1.37. The summed E-state index contributed by atoms with van der Waals surface area (Å²) in [5.41, 5.74) is 4.63. The van der Waals surface area contributed by atoms with Gasteiger partial charge in [-0.1, -0.05) is 13.8 Å². The molecule has 13 nitrogen and oxygen atoms in total. The number of fused-ring (bicyclic) bond motifs is 3. The van der Waals surface area contributed by atoms with E-state index in [0.29, 0.717) is 48.6 Å². The lowest BCUT2D eigenvalue weighted by Crippen LogP contribution is -2.52. The number of hydrazine groups is 1. The number of hydrogen-bond acceptors (Lipinski definition) is 9. The van der Waals surface area contributed by atoms with Crippen LogP contribution in [0.1, 0.15) is 61.1 Å². The third-order valence-corrected chi connectivity index (χ3v) is 9.62. The van der Waals surface area contributed by atoms with Crippen molar-refractivity contribution < 1.29 is 19.4 Å². The number of nitrogens with one attached hydrogen (secondary N) is 1. The first-order chi connectivity index (χ1) is 23.4. The van der Waals surface area contributed by atoms with Gasteiger partial charge in [-0.05, 0) is 73.6 Å². The summed E-state index contributed by atoms with van der Waals surface area (Å²) in [5.74, 6) is -0.0585. The molecule has 0 bridgehead atoms. The van der Waals surface area contributed by atoms with E-state index in [2.05, 4.69) is 33.7 Å². The topological polar surface area (TPSA) is 138 Å². The third-order valence-electron chi connectivity index (χ3n) is 9.62. The molecule has 2 atom stereocenters. The van der Waals surface area contributed by atoms with Gasteiger partial charge in [-0.2, -0.15) is 0 Å². The molecule has 4 aromatic rings. The van der Waals surface area contributed by atoms with Crippen LogP contribution in [0.5, 0.6) is 5.75 Å². The van der Waals surface area contributed by atoms with Gasteiger partial charge in [0.05, 0.1) is 12.6 Å². The van der Waals surface area contributed by atoms with Crippen molar-refractivity contribution in [2.45, 2.75) is 59.2 Å². The second kappa shape index (κ2) is 12.5. The van der Waals surface area contributed by atoms with Crippen molar-refractivity contribution in [1.29, 1.82) is 0 Å². The minimum absolute atomic E-state index is 0.103. The highest BCUT2D eigenvalue weighted by Crippen LogP contribution is 2.41. The van der Waals surface area contributed by atoms with Crippen molar-refractivity contribution in [3.05, 3.63) is 88.0 Å². The number of aryl methyl sites for hydroxylation is 1. The molecule has 256 valence electrons. The number of nitrogens with zero attached hydrogens (tertiary/aromatic N) is 7. The zero-order valence-corrected chi connectivity index (χ0v) is 28.5. The Bertz CT molecular complexity index is 2000. The van der Waals surface area contributed by atoms with Crippen LogP contribution in [0.15, 0.2) is 59.9 Å². The van der Waals surface area contributed by atoms with Gasteiger partial charge in [0.2, 0.25) is 0 Å². The van der Waals surface area contributed by atoms with E-state index in [1.54, 1.807) is 67.9 Å². The Kier molecular flexibility index (Phi) is 8.27. The lowest BCUT2D eigenvalue weighted by atomic mass is 9.90. The minimum Gasteiger partial charge on any atom is -0.406 e. The number of amides is 2. The number of carbonyl (C=O) groups excluding carboxylic acids is 2. The van der Waals surface area contributed by atoms with Gasteiger partial charge in [0.15, 0.2) is 11.6 Å². The van der Waals surface area contributed by atoms with Crippen LogP contribution >= 0.6 is 0 Å². The Labute approximate surface area is 284 Å². The maximum absolute atomic E-state index is 14.5. The standard InChI is InChI=1S/C36H42N8O5/c1-22-20-41(12-11-38-22)35(48)49-31-7-6-9-39-32(31)44(43-14-13-42-28(34(43)47)15-24-17-36(3,4)18-30(24)42)29-16-25(21-40(5)33(29)46)26-8-10-37-19-27(26)23(2)45/h6-10,15-16,19,21-23,38,45H,11-14,17-18,20H2,1-5H3. The van der Waals surface area contributed by atoms with Crippen LogP contribution in [0.2, 0.25) is 0 Å². The summed E-state index contributed by atoms with van der Waals surface area (Å²) in [6.45, 7) is 10.5. The van der Waals surface area contributed by atoms with E-state index in [-0.39, 0.29) is 41.2 Å². The van der Waals surface area contributed by atoms with Gasteiger partial charge in [0.1, 0.15) is 11.4 Å². The average Bonchev–Trinajstić information content (AvgIpc) is 3.56. The van der Waals surface area contributed by atoms with Crippen LogP contribution in [-0.4, -0.2) is 78.3 Å². The number of hydrogen-bond donors (Lipinski definition) is 2. The van der Waals surface area contributed by atoms with Crippen LogP contribution in [0, 0.1) is 5.41 Å². The number of rotatable bonds is 6. The van der Waals surface area contributed by atoms with E-state index in [1.807, 2.05) is 13.0 Å². The maximum atomic E-state index is 14.5. The Hall–Kier alpha value is -5.01. The highest BCUT2D eigenvalue weighted by molar-refractivity contribution is 5.96. The fourth-order valence-corrected chi connectivity index (χ4v) is 7.32. The van der Waals surface area contributed by atoms with Gasteiger partial charge < -0.3 is 29.2 Å². The quantitative estimate of drug-likeness (QED) is 0.315. The first kappa shape index (κ1) is 32.5. The number of anilines is 2. The van der Waals surface area contributed by atoms with Gasteiger partial charge in [0.25, 0.3) is 11.5 Å². The van der Waals surface area contributed by atoms with Crippen LogP contribution in [-0.2, 0) is 26.4 Å². The lowest BCUT2D eigenvalue weighted by molar-refractivity contribution is 0.0699. The summed E-state index contributed by atoms with van der Waals surface area (Å²) >= 11 is 0. The minimum atomic E-state index is -0.821. The number of aliphatic hydroxyl groups excluding tert-OH is 1. The molecule has 0 aromatic carbocycles. The van der Waals surface area contributed by atoms with E-state index in [9.17, 15) is 19.5 Å². The van der Waals surface area contributed by atoms with Crippen molar-refractivity contribution in [3.63, 3.8) is 0 Å². The second-order valence-electron chi connectivity index (χ2n) is 14.1. The molecule has 49 heavy (non-hydrogen) atoms. The zero-order valence-electron chi connectivity index (χ0n) is 28.5. The van der Waals surface area contributed by atoms with Crippen LogP contribution in [0.4, 0.5) is 16.3 Å². The summed E-state index contributed by atoms with van der Waals surface area (Å²) < 4.78 is 9.54. The molecule has 1 saturated heterocycles. The highest BCUT2D eigenvalue weighted by Gasteiger charge is 2.40. The molecular formula is C36H42N8O5. The number of pyridine rings is 3. The molecule has 1 fully saturated rings. The monoisotopic (exact) mass is 666 g/mol. The van der Waals surface area contributed by atoms with Crippen LogP contribution in [0.3, 0.4) is 0 Å². The predicted octanol–water partition coefficient (Wildman–Crippen LogP) is 3.82. The van der Waals surface area contributed by atoms with Crippen LogP contribution < -0.4 is 20.6 Å². The fourth-order valence-electron chi connectivity index (χ4n) is 7.32. The first-order valence-corrected chi connectivity index (χ1v) is 16.7. The van der Waals surface area contributed by atoms with Gasteiger partial charge in [-0.3, -0.25) is 14.6 Å². The molecule has 1 aliphatic carbocycles. The molecule has 4 aromatic heterocycles. The smallest absolute Gasteiger partial charge is 0.406 e. The molecule has 6 heterocycles.